The van der Waals surface area contributed by atoms with Crippen LogP contribution < -0.4 is 5.32 Å². The largest absolute Gasteiger partial charge is 0.334 e. The van der Waals surface area contributed by atoms with Gasteiger partial charge in [-0.3, -0.25) is 9.59 Å². The number of carbonyl (C=O) groups is 2. The van der Waals surface area contributed by atoms with E-state index in [-0.39, 0.29) is 24.0 Å². The predicted molar refractivity (Wildman–Crippen MR) is 135 cm³/mol. The molecule has 0 spiro atoms. The maximum absolute atomic E-state index is 12.9. The van der Waals surface area contributed by atoms with E-state index < -0.39 is 9.84 Å². The van der Waals surface area contributed by atoms with Crippen LogP contribution in [0.5, 0.6) is 0 Å². The summed E-state index contributed by atoms with van der Waals surface area (Å²) in [6, 6.07) is 21.7. The molecule has 5 rings (SSSR count). The smallest absolute Gasteiger partial charge is 0.254 e. The van der Waals surface area contributed by atoms with Crippen LogP contribution in [0, 0.1) is 5.92 Å². The summed E-state index contributed by atoms with van der Waals surface area (Å²) >= 11 is 0. The summed E-state index contributed by atoms with van der Waals surface area (Å²) in [4.78, 5) is 27.6. The summed E-state index contributed by atoms with van der Waals surface area (Å²) in [6.07, 6.45) is 2.96. The lowest BCUT2D eigenvalue weighted by atomic mass is 9.99. The van der Waals surface area contributed by atoms with Crippen LogP contribution in [0.3, 0.4) is 0 Å². The van der Waals surface area contributed by atoms with E-state index in [0.29, 0.717) is 35.2 Å². The zero-order chi connectivity index (χ0) is 24.4. The zero-order valence-corrected chi connectivity index (χ0v) is 20.3. The van der Waals surface area contributed by atoms with Crippen molar-refractivity contribution < 1.29 is 18.0 Å². The van der Waals surface area contributed by atoms with Gasteiger partial charge in [0.25, 0.3) is 5.91 Å². The molecule has 0 aromatic heterocycles. The van der Waals surface area contributed by atoms with Crippen molar-refractivity contribution >= 4 is 27.3 Å². The Kier molecular flexibility index (Phi) is 6.43. The SMILES string of the molecule is O=C(Cc1ccc(S(=O)(=O)CC2CC2)cc1)Nc1ccc(C(=O)N2CCc3ccccc3C2)cc1. The molecule has 3 aromatic carbocycles. The first-order chi connectivity index (χ1) is 16.9. The van der Waals surface area contributed by atoms with Crippen LogP contribution in [-0.2, 0) is 34.0 Å². The van der Waals surface area contributed by atoms with Crippen LogP contribution in [0.25, 0.3) is 0 Å². The van der Waals surface area contributed by atoms with Crippen molar-refractivity contribution in [1.29, 1.82) is 0 Å². The molecule has 3 aromatic rings. The minimum absolute atomic E-state index is 0.0193. The van der Waals surface area contributed by atoms with E-state index in [1.165, 1.54) is 11.1 Å². The van der Waals surface area contributed by atoms with Crippen LogP contribution in [-0.4, -0.2) is 37.4 Å². The number of hydrogen-bond donors (Lipinski definition) is 1. The van der Waals surface area contributed by atoms with Gasteiger partial charge >= 0.3 is 0 Å². The van der Waals surface area contributed by atoms with Gasteiger partial charge in [-0.2, -0.15) is 0 Å². The Morgan fingerprint density at radius 3 is 2.26 bits per heavy atom. The summed E-state index contributed by atoms with van der Waals surface area (Å²) in [5.74, 6) is 0.277. The second-order valence-corrected chi connectivity index (χ2v) is 11.5. The van der Waals surface area contributed by atoms with E-state index in [2.05, 4.69) is 17.4 Å². The number of rotatable bonds is 7. The number of nitrogens with zero attached hydrogens (tertiary/aromatic N) is 1. The summed E-state index contributed by atoms with van der Waals surface area (Å²) in [5.41, 5.74) is 4.42. The topological polar surface area (TPSA) is 83.5 Å². The molecule has 0 saturated heterocycles. The lowest BCUT2D eigenvalue weighted by Gasteiger charge is -2.29. The third-order valence-corrected chi connectivity index (χ3v) is 8.53. The van der Waals surface area contributed by atoms with E-state index in [1.807, 2.05) is 17.0 Å². The lowest BCUT2D eigenvalue weighted by molar-refractivity contribution is -0.115. The third-order valence-electron chi connectivity index (χ3n) is 6.63. The molecule has 0 radical (unpaired) electrons. The molecule has 35 heavy (non-hydrogen) atoms. The number of fused-ring (bicyclic) bond motifs is 1. The van der Waals surface area contributed by atoms with Gasteiger partial charge in [0.05, 0.1) is 17.1 Å². The summed E-state index contributed by atoms with van der Waals surface area (Å²) in [7, 11) is -3.26. The summed E-state index contributed by atoms with van der Waals surface area (Å²) in [5, 5.41) is 2.85. The monoisotopic (exact) mass is 488 g/mol. The van der Waals surface area contributed by atoms with Gasteiger partial charge in [0.1, 0.15) is 0 Å². The second kappa shape index (κ2) is 9.66. The first kappa shape index (κ1) is 23.3. The standard InChI is InChI=1S/C28H28N2O4S/c31-27(17-20-7-13-26(14-8-20)35(33,34)19-21-5-6-21)29-25-11-9-23(10-12-25)28(32)30-16-15-22-3-1-2-4-24(22)18-30/h1-4,7-14,21H,5-6,15-19H2,(H,29,31). The molecular formula is C28H28N2O4S. The highest BCUT2D eigenvalue weighted by Crippen LogP contribution is 2.32. The molecule has 0 unspecified atom stereocenters. The fraction of sp³-hybridized carbons (Fsp3) is 0.286. The Bertz CT molecular complexity index is 1340. The Labute approximate surface area is 205 Å². The normalized spacial score (nSPS) is 15.4. The van der Waals surface area contributed by atoms with Crippen molar-refractivity contribution in [3.05, 3.63) is 95.1 Å². The molecule has 1 saturated carbocycles. The van der Waals surface area contributed by atoms with Gasteiger partial charge in [0.15, 0.2) is 9.84 Å². The highest BCUT2D eigenvalue weighted by atomic mass is 32.2. The number of sulfone groups is 1. The highest BCUT2D eigenvalue weighted by molar-refractivity contribution is 7.91. The lowest BCUT2D eigenvalue weighted by Crippen LogP contribution is -2.35. The quantitative estimate of drug-likeness (QED) is 0.539. The number of hydrogen-bond acceptors (Lipinski definition) is 4. The maximum Gasteiger partial charge on any atom is 0.254 e. The van der Waals surface area contributed by atoms with Crippen molar-refractivity contribution in [2.24, 2.45) is 5.92 Å². The Morgan fingerprint density at radius 2 is 1.57 bits per heavy atom. The van der Waals surface area contributed by atoms with E-state index in [0.717, 1.165) is 24.8 Å². The van der Waals surface area contributed by atoms with Gasteiger partial charge in [-0.05, 0) is 78.3 Å². The summed E-state index contributed by atoms with van der Waals surface area (Å²) < 4.78 is 24.8. The van der Waals surface area contributed by atoms with Crippen molar-refractivity contribution in [1.82, 2.24) is 4.90 Å². The van der Waals surface area contributed by atoms with Crippen LogP contribution in [0.2, 0.25) is 0 Å². The summed E-state index contributed by atoms with van der Waals surface area (Å²) in [6.45, 7) is 1.29. The van der Waals surface area contributed by atoms with E-state index in [4.69, 9.17) is 0 Å². The molecule has 0 atom stereocenters. The number of anilines is 1. The molecule has 2 amide bonds. The number of carbonyl (C=O) groups excluding carboxylic acids is 2. The van der Waals surface area contributed by atoms with Crippen LogP contribution in [0.15, 0.2) is 77.7 Å². The Morgan fingerprint density at radius 1 is 0.886 bits per heavy atom. The van der Waals surface area contributed by atoms with Crippen LogP contribution in [0.1, 0.15) is 39.9 Å². The van der Waals surface area contributed by atoms with Crippen molar-refractivity contribution in [2.45, 2.75) is 37.1 Å². The first-order valence-corrected chi connectivity index (χ1v) is 13.6. The molecule has 1 heterocycles. The van der Waals surface area contributed by atoms with E-state index in [1.54, 1.807) is 48.5 Å². The number of amides is 2. The second-order valence-electron chi connectivity index (χ2n) is 9.42. The van der Waals surface area contributed by atoms with Crippen molar-refractivity contribution in [3.63, 3.8) is 0 Å². The molecule has 180 valence electrons. The van der Waals surface area contributed by atoms with Crippen LogP contribution in [0.4, 0.5) is 5.69 Å². The van der Waals surface area contributed by atoms with Crippen LogP contribution >= 0.6 is 0 Å². The molecule has 1 aliphatic heterocycles. The van der Waals surface area contributed by atoms with E-state index >= 15 is 0 Å². The molecule has 2 aliphatic rings. The molecule has 0 bridgehead atoms. The minimum Gasteiger partial charge on any atom is -0.334 e. The van der Waals surface area contributed by atoms with Gasteiger partial charge in [0.2, 0.25) is 5.91 Å². The van der Waals surface area contributed by atoms with Gasteiger partial charge in [0, 0.05) is 24.3 Å². The van der Waals surface area contributed by atoms with Crippen molar-refractivity contribution in [2.75, 3.05) is 17.6 Å². The average Bonchev–Trinajstić information content (AvgIpc) is 3.67. The Hall–Kier alpha value is -3.45. The van der Waals surface area contributed by atoms with Gasteiger partial charge in [-0.1, -0.05) is 36.4 Å². The highest BCUT2D eigenvalue weighted by Gasteiger charge is 2.29. The molecule has 1 aliphatic carbocycles. The average molecular weight is 489 g/mol. The third kappa shape index (κ3) is 5.62. The fourth-order valence-electron chi connectivity index (χ4n) is 4.44. The zero-order valence-electron chi connectivity index (χ0n) is 19.4. The van der Waals surface area contributed by atoms with E-state index in [9.17, 15) is 18.0 Å². The van der Waals surface area contributed by atoms with Crippen molar-refractivity contribution in [3.8, 4) is 0 Å². The van der Waals surface area contributed by atoms with Gasteiger partial charge < -0.3 is 10.2 Å². The Balaban J connectivity index is 1.16. The van der Waals surface area contributed by atoms with Gasteiger partial charge in [-0.25, -0.2) is 8.42 Å². The molecular weight excluding hydrogens is 460 g/mol. The maximum atomic E-state index is 12.9. The predicted octanol–water partition coefficient (Wildman–Crippen LogP) is 4.25. The number of nitrogens with one attached hydrogen (secondary N) is 1. The molecule has 1 fully saturated rings. The first-order valence-electron chi connectivity index (χ1n) is 11.9. The van der Waals surface area contributed by atoms with Gasteiger partial charge in [-0.15, -0.1) is 0 Å². The molecule has 1 N–H and O–H groups in total. The fourth-order valence-corrected chi connectivity index (χ4v) is 6.14. The molecule has 7 heteroatoms. The number of benzene rings is 3. The minimum atomic E-state index is -3.26. The molecule has 6 nitrogen and oxygen atoms in total.